The normalized spacial score (nSPS) is 15.3. The first-order valence-corrected chi connectivity index (χ1v) is 10.0. The van der Waals surface area contributed by atoms with Crippen LogP contribution in [-0.2, 0) is 16.1 Å². The number of hydrogen-bond donors (Lipinski definition) is 1. The summed E-state index contributed by atoms with van der Waals surface area (Å²) in [6.45, 7) is 0.894. The maximum absolute atomic E-state index is 13.1. The minimum absolute atomic E-state index is 0.0413. The summed E-state index contributed by atoms with van der Waals surface area (Å²) in [5, 5.41) is 2.92. The van der Waals surface area contributed by atoms with Gasteiger partial charge in [-0.2, -0.15) is 0 Å². The molecule has 1 atom stereocenters. The first-order valence-electron chi connectivity index (χ1n) is 10.0. The van der Waals surface area contributed by atoms with E-state index in [0.717, 1.165) is 11.1 Å². The Balaban J connectivity index is 1.39. The Hall–Kier alpha value is -3.67. The molecule has 2 heterocycles. The third-order valence-corrected chi connectivity index (χ3v) is 4.96. The highest BCUT2D eigenvalue weighted by Crippen LogP contribution is 2.37. The number of amides is 2. The van der Waals surface area contributed by atoms with Gasteiger partial charge in [0.05, 0.1) is 0 Å². The third kappa shape index (κ3) is 4.49. The van der Waals surface area contributed by atoms with Gasteiger partial charge in [0.1, 0.15) is 0 Å². The fraction of sp³-hybridized carbons (Fsp3) is 0.208. The number of carbonyl (C=O) groups excluding carboxylic acids is 2. The lowest BCUT2D eigenvalue weighted by atomic mass is 10.1. The van der Waals surface area contributed by atoms with Crippen LogP contribution in [0.5, 0.6) is 5.75 Å². The molecule has 0 spiro atoms. The minimum Gasteiger partial charge on any atom is -0.472 e. The van der Waals surface area contributed by atoms with Crippen LogP contribution in [0.15, 0.2) is 79.0 Å². The van der Waals surface area contributed by atoms with Gasteiger partial charge in [-0.25, -0.2) is 4.98 Å². The van der Waals surface area contributed by atoms with Crippen LogP contribution in [0.3, 0.4) is 0 Å². The van der Waals surface area contributed by atoms with Crippen molar-refractivity contribution in [2.75, 3.05) is 11.4 Å². The number of anilines is 1. The number of hydrogen-bond acceptors (Lipinski definition) is 4. The van der Waals surface area contributed by atoms with Crippen molar-refractivity contribution >= 4 is 17.6 Å². The van der Waals surface area contributed by atoms with Crippen LogP contribution < -0.4 is 15.0 Å². The van der Waals surface area contributed by atoms with Gasteiger partial charge in [0, 0.05) is 31.3 Å². The summed E-state index contributed by atoms with van der Waals surface area (Å²) in [5.74, 6) is 0.858. The van der Waals surface area contributed by atoms with Crippen molar-refractivity contribution in [3.8, 4) is 5.75 Å². The molecular formula is C24H23N3O3. The Bertz CT molecular complexity index is 1010. The lowest BCUT2D eigenvalue weighted by Crippen LogP contribution is -2.42. The Morgan fingerprint density at radius 2 is 1.73 bits per heavy atom. The molecule has 0 aliphatic carbocycles. The summed E-state index contributed by atoms with van der Waals surface area (Å²) in [6.07, 6.45) is 1.78. The smallest absolute Gasteiger partial charge is 0.274 e. The van der Waals surface area contributed by atoms with E-state index in [-0.39, 0.29) is 11.8 Å². The summed E-state index contributed by atoms with van der Waals surface area (Å²) >= 11 is 0. The van der Waals surface area contributed by atoms with E-state index in [9.17, 15) is 9.59 Å². The zero-order valence-electron chi connectivity index (χ0n) is 16.5. The molecule has 0 saturated heterocycles. The highest BCUT2D eigenvalue weighted by molar-refractivity contribution is 5.99. The molecule has 6 nitrogen and oxygen atoms in total. The van der Waals surface area contributed by atoms with Crippen molar-refractivity contribution < 1.29 is 14.3 Å². The fourth-order valence-electron chi connectivity index (χ4n) is 3.44. The van der Waals surface area contributed by atoms with Crippen molar-refractivity contribution in [2.24, 2.45) is 0 Å². The molecule has 1 aromatic heterocycles. The fourth-order valence-corrected chi connectivity index (χ4v) is 3.44. The molecule has 0 bridgehead atoms. The van der Waals surface area contributed by atoms with Crippen molar-refractivity contribution in [1.82, 2.24) is 10.3 Å². The van der Waals surface area contributed by atoms with Gasteiger partial charge in [-0.3, -0.25) is 14.5 Å². The van der Waals surface area contributed by atoms with E-state index in [2.05, 4.69) is 10.3 Å². The van der Waals surface area contributed by atoms with Crippen LogP contribution in [0.25, 0.3) is 0 Å². The van der Waals surface area contributed by atoms with Gasteiger partial charge in [-0.15, -0.1) is 0 Å². The lowest BCUT2D eigenvalue weighted by Gasteiger charge is -2.33. The Morgan fingerprint density at radius 3 is 2.50 bits per heavy atom. The van der Waals surface area contributed by atoms with Crippen molar-refractivity contribution in [3.63, 3.8) is 0 Å². The number of benzene rings is 2. The van der Waals surface area contributed by atoms with Crippen LogP contribution in [0.1, 0.15) is 30.1 Å². The third-order valence-electron chi connectivity index (χ3n) is 4.96. The molecule has 0 saturated carbocycles. The zero-order chi connectivity index (χ0) is 20.8. The van der Waals surface area contributed by atoms with E-state index < -0.39 is 6.10 Å². The topological polar surface area (TPSA) is 71.5 Å². The first kappa shape index (κ1) is 19.6. The number of fused-ring (bicyclic) bond motifs is 1. The highest BCUT2D eigenvalue weighted by atomic mass is 16.5. The maximum Gasteiger partial charge on any atom is 0.274 e. The number of ether oxygens (including phenoxy) is 1. The number of carbonyl (C=O) groups is 2. The van der Waals surface area contributed by atoms with Gasteiger partial charge in [-0.05, 0) is 24.1 Å². The molecule has 4 rings (SSSR count). The second kappa shape index (κ2) is 9.22. The van der Waals surface area contributed by atoms with E-state index in [0.29, 0.717) is 37.5 Å². The van der Waals surface area contributed by atoms with Gasteiger partial charge in [-0.1, -0.05) is 60.7 Å². The number of rotatable bonds is 7. The van der Waals surface area contributed by atoms with Gasteiger partial charge in [0.25, 0.3) is 5.91 Å². The molecule has 1 aliphatic heterocycles. The number of nitrogens with zero attached hydrogens (tertiary/aromatic N) is 2. The SMILES string of the molecule is O=C(CCCN1C(=O)[C@@H](c2ccccc2)Oc2cccnc21)NCc1ccccc1. The molecular weight excluding hydrogens is 378 g/mol. The quantitative estimate of drug-likeness (QED) is 0.656. The largest absolute Gasteiger partial charge is 0.472 e. The Morgan fingerprint density at radius 1 is 1.00 bits per heavy atom. The predicted molar refractivity (Wildman–Crippen MR) is 114 cm³/mol. The first-order chi connectivity index (χ1) is 14.7. The van der Waals surface area contributed by atoms with E-state index >= 15 is 0 Å². The highest BCUT2D eigenvalue weighted by Gasteiger charge is 2.36. The summed E-state index contributed by atoms with van der Waals surface area (Å²) in [5.41, 5.74) is 1.85. The molecule has 3 aromatic rings. The zero-order valence-corrected chi connectivity index (χ0v) is 16.5. The molecule has 2 amide bonds. The van der Waals surface area contributed by atoms with Crippen LogP contribution >= 0.6 is 0 Å². The van der Waals surface area contributed by atoms with Gasteiger partial charge >= 0.3 is 0 Å². The number of nitrogens with one attached hydrogen (secondary N) is 1. The predicted octanol–water partition coefficient (Wildman–Crippen LogP) is 3.64. The standard InChI is InChI=1S/C24H23N3O3/c28-21(26-17-18-9-3-1-4-10-18)14-8-16-27-23-20(13-7-15-25-23)30-22(24(27)29)19-11-5-2-6-12-19/h1-7,9-13,15,22H,8,14,16-17H2,(H,26,28)/t22-/m1/s1. The van der Waals surface area contributed by atoms with E-state index in [1.165, 1.54) is 0 Å². The molecule has 1 aliphatic rings. The summed E-state index contributed by atoms with van der Waals surface area (Å²) in [4.78, 5) is 31.3. The monoisotopic (exact) mass is 401 g/mol. The van der Waals surface area contributed by atoms with Crippen LogP contribution in [0, 0.1) is 0 Å². The molecule has 0 fully saturated rings. The van der Waals surface area contributed by atoms with Gasteiger partial charge in [0.2, 0.25) is 12.0 Å². The minimum atomic E-state index is -0.713. The molecule has 6 heteroatoms. The van der Waals surface area contributed by atoms with E-state index in [1.54, 1.807) is 17.2 Å². The van der Waals surface area contributed by atoms with Crippen LogP contribution in [0.2, 0.25) is 0 Å². The second-order valence-electron chi connectivity index (χ2n) is 7.09. The Labute approximate surface area is 175 Å². The van der Waals surface area contributed by atoms with Gasteiger partial charge < -0.3 is 10.1 Å². The molecule has 2 aromatic carbocycles. The van der Waals surface area contributed by atoms with Gasteiger partial charge in [0.15, 0.2) is 11.6 Å². The number of aromatic nitrogens is 1. The maximum atomic E-state index is 13.1. The average Bonchev–Trinajstić information content (AvgIpc) is 2.80. The summed E-state index contributed by atoms with van der Waals surface area (Å²) in [7, 11) is 0. The van der Waals surface area contributed by atoms with Crippen LogP contribution in [0.4, 0.5) is 5.82 Å². The summed E-state index contributed by atoms with van der Waals surface area (Å²) in [6, 6.07) is 22.8. The van der Waals surface area contributed by atoms with Crippen molar-refractivity contribution in [1.29, 1.82) is 0 Å². The summed E-state index contributed by atoms with van der Waals surface area (Å²) < 4.78 is 5.94. The number of pyridine rings is 1. The lowest BCUT2D eigenvalue weighted by molar-refractivity contribution is -0.127. The average molecular weight is 401 g/mol. The van der Waals surface area contributed by atoms with Crippen molar-refractivity contribution in [3.05, 3.63) is 90.1 Å². The van der Waals surface area contributed by atoms with Crippen molar-refractivity contribution in [2.45, 2.75) is 25.5 Å². The van der Waals surface area contributed by atoms with E-state index in [4.69, 9.17) is 4.74 Å². The molecule has 152 valence electrons. The molecule has 30 heavy (non-hydrogen) atoms. The molecule has 0 radical (unpaired) electrons. The Kier molecular flexibility index (Phi) is 6.03. The van der Waals surface area contributed by atoms with Crippen LogP contribution in [-0.4, -0.2) is 23.3 Å². The van der Waals surface area contributed by atoms with E-state index in [1.807, 2.05) is 66.7 Å². The second-order valence-corrected chi connectivity index (χ2v) is 7.09. The molecule has 0 unspecified atom stereocenters. The molecule has 1 N–H and O–H groups in total.